The zero-order valence-corrected chi connectivity index (χ0v) is 7.48. The summed E-state index contributed by atoms with van der Waals surface area (Å²) in [4.78, 5) is 34.4. The lowest BCUT2D eigenvalue weighted by molar-refractivity contribution is -0.114. The molecule has 0 bridgehead atoms. The first-order chi connectivity index (χ1) is 6.65. The Kier molecular flexibility index (Phi) is 1.70. The molecule has 4 heteroatoms. The van der Waals surface area contributed by atoms with Gasteiger partial charge in [-0.2, -0.15) is 0 Å². The van der Waals surface area contributed by atoms with E-state index < -0.39 is 11.7 Å². The summed E-state index contributed by atoms with van der Waals surface area (Å²) in [5.41, 5.74) is 1.27. The molecule has 1 heterocycles. The number of carbonyl (C=O) groups is 3. The second-order valence-corrected chi connectivity index (χ2v) is 3.09. The fraction of sp³-hybridized carbons (Fsp3) is 0.100. The Morgan fingerprint density at radius 2 is 2.00 bits per heavy atom. The van der Waals surface area contributed by atoms with Gasteiger partial charge in [-0.05, 0) is 18.2 Å². The highest BCUT2D eigenvalue weighted by molar-refractivity contribution is 6.52. The number of benzene rings is 1. The Labute approximate surface area is 80.1 Å². The van der Waals surface area contributed by atoms with E-state index in [1.165, 1.54) is 18.0 Å². The fourth-order valence-electron chi connectivity index (χ4n) is 1.48. The van der Waals surface area contributed by atoms with E-state index in [9.17, 15) is 14.4 Å². The minimum atomic E-state index is -0.553. The average molecular weight is 189 g/mol. The molecule has 0 spiro atoms. The maximum atomic E-state index is 11.4. The molecule has 1 aliphatic heterocycles. The maximum absolute atomic E-state index is 11.4. The van der Waals surface area contributed by atoms with Gasteiger partial charge in [-0.15, -0.1) is 0 Å². The predicted molar refractivity (Wildman–Crippen MR) is 49.6 cm³/mol. The third-order valence-electron chi connectivity index (χ3n) is 2.26. The van der Waals surface area contributed by atoms with Crippen molar-refractivity contribution in [1.29, 1.82) is 0 Å². The monoisotopic (exact) mass is 189 g/mol. The van der Waals surface area contributed by atoms with Crippen LogP contribution in [0.2, 0.25) is 0 Å². The number of hydrogen-bond acceptors (Lipinski definition) is 3. The molecule has 0 radical (unpaired) electrons. The highest BCUT2D eigenvalue weighted by Gasteiger charge is 2.33. The first-order valence-electron chi connectivity index (χ1n) is 4.07. The normalized spacial score (nSPS) is 14.5. The smallest absolute Gasteiger partial charge is 0.299 e. The lowest BCUT2D eigenvalue weighted by Crippen LogP contribution is -2.24. The van der Waals surface area contributed by atoms with Crippen LogP contribution in [0, 0.1) is 0 Å². The third kappa shape index (κ3) is 0.970. The summed E-state index contributed by atoms with van der Waals surface area (Å²) >= 11 is 0. The lowest BCUT2D eigenvalue weighted by Gasteiger charge is -2.07. The molecule has 0 fully saturated rings. The second-order valence-electron chi connectivity index (χ2n) is 3.09. The number of rotatable bonds is 1. The molecule has 14 heavy (non-hydrogen) atoms. The molecule has 2 rings (SSSR count). The molecular weight excluding hydrogens is 182 g/mol. The maximum Gasteiger partial charge on any atom is 0.299 e. The van der Waals surface area contributed by atoms with Gasteiger partial charge in [0.05, 0.1) is 11.3 Å². The van der Waals surface area contributed by atoms with E-state index in [-0.39, 0.29) is 0 Å². The van der Waals surface area contributed by atoms with Crippen molar-refractivity contribution in [3.63, 3.8) is 0 Å². The van der Waals surface area contributed by atoms with E-state index >= 15 is 0 Å². The molecule has 0 N–H and O–H groups in total. The largest absolute Gasteiger partial charge is 0.308 e. The van der Waals surface area contributed by atoms with Crippen LogP contribution < -0.4 is 4.90 Å². The zero-order chi connectivity index (χ0) is 10.3. The standard InChI is InChI=1S/C10H7NO3/c1-11-8-3-2-6(5-12)4-7(8)9(13)10(11)14/h2-5H,1H3. The van der Waals surface area contributed by atoms with Crippen molar-refractivity contribution in [3.05, 3.63) is 29.3 Å². The quantitative estimate of drug-likeness (QED) is 0.481. The number of nitrogens with zero attached hydrogens (tertiary/aromatic N) is 1. The van der Waals surface area contributed by atoms with E-state index in [0.29, 0.717) is 23.1 Å². The molecule has 0 saturated heterocycles. The molecule has 0 atom stereocenters. The lowest BCUT2D eigenvalue weighted by atomic mass is 10.1. The minimum Gasteiger partial charge on any atom is -0.308 e. The van der Waals surface area contributed by atoms with Crippen LogP contribution in [0.25, 0.3) is 0 Å². The topological polar surface area (TPSA) is 54.5 Å². The van der Waals surface area contributed by atoms with Gasteiger partial charge in [0.1, 0.15) is 6.29 Å². The average Bonchev–Trinajstić information content (AvgIpc) is 2.44. The molecule has 1 amide bonds. The Hall–Kier alpha value is -1.97. The zero-order valence-electron chi connectivity index (χ0n) is 7.48. The molecule has 0 unspecified atom stereocenters. The van der Waals surface area contributed by atoms with Crippen molar-refractivity contribution >= 4 is 23.7 Å². The summed E-state index contributed by atoms with van der Waals surface area (Å²) in [6.45, 7) is 0. The third-order valence-corrected chi connectivity index (χ3v) is 2.26. The van der Waals surface area contributed by atoms with Crippen molar-refractivity contribution < 1.29 is 14.4 Å². The number of likely N-dealkylation sites (N-methyl/N-ethyl adjacent to an activating group) is 1. The number of fused-ring (bicyclic) bond motifs is 1. The second kappa shape index (κ2) is 2.77. The van der Waals surface area contributed by atoms with E-state index in [2.05, 4.69) is 0 Å². The van der Waals surface area contributed by atoms with Crippen molar-refractivity contribution in [1.82, 2.24) is 0 Å². The highest BCUT2D eigenvalue weighted by atomic mass is 16.2. The van der Waals surface area contributed by atoms with Gasteiger partial charge in [0.15, 0.2) is 0 Å². The summed E-state index contributed by atoms with van der Waals surface area (Å²) < 4.78 is 0. The summed E-state index contributed by atoms with van der Waals surface area (Å²) in [7, 11) is 1.53. The molecule has 4 nitrogen and oxygen atoms in total. The number of aldehydes is 1. The fourth-order valence-corrected chi connectivity index (χ4v) is 1.48. The molecule has 0 aromatic heterocycles. The number of carbonyl (C=O) groups excluding carboxylic acids is 3. The van der Waals surface area contributed by atoms with Crippen LogP contribution in [0.3, 0.4) is 0 Å². The van der Waals surface area contributed by atoms with Gasteiger partial charge < -0.3 is 4.90 Å². The predicted octanol–water partition coefficient (Wildman–Crippen LogP) is 0.658. The highest BCUT2D eigenvalue weighted by Crippen LogP contribution is 2.27. The minimum absolute atomic E-state index is 0.308. The van der Waals surface area contributed by atoms with Gasteiger partial charge in [0.2, 0.25) is 0 Å². The van der Waals surface area contributed by atoms with Gasteiger partial charge in [-0.3, -0.25) is 14.4 Å². The number of hydrogen-bond donors (Lipinski definition) is 0. The van der Waals surface area contributed by atoms with Crippen molar-refractivity contribution in [2.75, 3.05) is 11.9 Å². The van der Waals surface area contributed by atoms with Gasteiger partial charge in [-0.1, -0.05) is 0 Å². The Morgan fingerprint density at radius 3 is 2.64 bits per heavy atom. The molecule has 0 aliphatic carbocycles. The summed E-state index contributed by atoms with van der Waals surface area (Å²) in [6, 6.07) is 4.61. The van der Waals surface area contributed by atoms with E-state index in [0.717, 1.165) is 0 Å². The van der Waals surface area contributed by atoms with Crippen LogP contribution in [0.1, 0.15) is 20.7 Å². The van der Waals surface area contributed by atoms with Crippen molar-refractivity contribution in [2.45, 2.75) is 0 Å². The summed E-state index contributed by atoms with van der Waals surface area (Å²) in [6.07, 6.45) is 0.649. The van der Waals surface area contributed by atoms with Crippen LogP contribution >= 0.6 is 0 Å². The van der Waals surface area contributed by atoms with E-state index in [1.54, 1.807) is 12.1 Å². The Balaban J connectivity index is 2.64. The van der Waals surface area contributed by atoms with Gasteiger partial charge >= 0.3 is 0 Å². The SMILES string of the molecule is CN1C(=O)C(=O)c2cc(C=O)ccc21. The first-order valence-corrected chi connectivity index (χ1v) is 4.07. The number of anilines is 1. The molecule has 1 aliphatic rings. The van der Waals surface area contributed by atoms with Crippen molar-refractivity contribution in [2.24, 2.45) is 0 Å². The van der Waals surface area contributed by atoms with Crippen molar-refractivity contribution in [3.8, 4) is 0 Å². The van der Waals surface area contributed by atoms with E-state index in [4.69, 9.17) is 0 Å². The Morgan fingerprint density at radius 1 is 1.29 bits per heavy atom. The van der Waals surface area contributed by atoms with Gasteiger partial charge in [0, 0.05) is 12.6 Å². The molecule has 0 saturated carbocycles. The number of amides is 1. The van der Waals surface area contributed by atoms with Gasteiger partial charge in [-0.25, -0.2) is 0 Å². The molecule has 70 valence electrons. The summed E-state index contributed by atoms with van der Waals surface area (Å²) in [5, 5.41) is 0. The Bertz CT molecular complexity index is 451. The number of Topliss-reactive ketones (excluding diaryl/α,β-unsaturated/α-hetero) is 1. The molecule has 1 aromatic carbocycles. The van der Waals surface area contributed by atoms with Gasteiger partial charge in [0.25, 0.3) is 11.7 Å². The van der Waals surface area contributed by atoms with Crippen LogP contribution in [0.4, 0.5) is 5.69 Å². The van der Waals surface area contributed by atoms with Crippen LogP contribution in [0.15, 0.2) is 18.2 Å². The number of ketones is 1. The molecule has 1 aromatic rings. The summed E-state index contributed by atoms with van der Waals surface area (Å²) in [5.74, 6) is -1.10. The first kappa shape index (κ1) is 8.62. The van der Waals surface area contributed by atoms with Crippen LogP contribution in [-0.4, -0.2) is 25.0 Å². The van der Waals surface area contributed by atoms with Crippen LogP contribution in [0.5, 0.6) is 0 Å². The van der Waals surface area contributed by atoms with E-state index in [1.807, 2.05) is 0 Å². The van der Waals surface area contributed by atoms with Crippen LogP contribution in [-0.2, 0) is 4.79 Å². The molecular formula is C10H7NO3.